The van der Waals surface area contributed by atoms with E-state index >= 15 is 0 Å². The Balaban J connectivity index is 1.52. The van der Waals surface area contributed by atoms with Crippen LogP contribution in [0.4, 0.5) is 5.69 Å². The highest BCUT2D eigenvalue weighted by atomic mass is 16.3. The number of nitrogens with one attached hydrogen (secondary N) is 2. The van der Waals surface area contributed by atoms with Gasteiger partial charge in [-0.3, -0.25) is 9.59 Å². The molecule has 1 saturated heterocycles. The zero-order valence-corrected chi connectivity index (χ0v) is 13.7. The summed E-state index contributed by atoms with van der Waals surface area (Å²) in [5.41, 5.74) is 0.806. The fourth-order valence-corrected chi connectivity index (χ4v) is 2.94. The summed E-state index contributed by atoms with van der Waals surface area (Å²) in [6.07, 6.45) is 1.50. The zero-order chi connectivity index (χ0) is 16.9. The molecule has 1 aromatic carbocycles. The highest BCUT2D eigenvalue weighted by Crippen LogP contribution is 2.07. The van der Waals surface area contributed by atoms with E-state index in [0.29, 0.717) is 18.8 Å². The Bertz CT molecular complexity index is 677. The van der Waals surface area contributed by atoms with Crippen molar-refractivity contribution in [2.45, 2.75) is 13.0 Å². The first kappa shape index (κ1) is 16.3. The van der Waals surface area contributed by atoms with Crippen LogP contribution in [0.15, 0.2) is 53.1 Å². The Labute approximate surface area is 141 Å². The van der Waals surface area contributed by atoms with Gasteiger partial charge in [0, 0.05) is 5.69 Å². The fourth-order valence-electron chi connectivity index (χ4n) is 2.94. The van der Waals surface area contributed by atoms with Crippen molar-refractivity contribution in [2.75, 3.05) is 31.5 Å². The molecular weight excluding hydrogens is 306 g/mol. The largest absolute Gasteiger partial charge is 0.459 e. The van der Waals surface area contributed by atoms with Crippen LogP contribution in [0.5, 0.6) is 0 Å². The van der Waals surface area contributed by atoms with Gasteiger partial charge in [-0.2, -0.15) is 0 Å². The number of carbonyl (C=O) groups is 2. The van der Waals surface area contributed by atoms with E-state index in [0.717, 1.165) is 18.8 Å². The van der Waals surface area contributed by atoms with Crippen LogP contribution in [-0.4, -0.2) is 48.9 Å². The van der Waals surface area contributed by atoms with Crippen molar-refractivity contribution in [3.05, 3.63) is 54.5 Å². The average Bonchev–Trinajstić information content (AvgIpc) is 3.16. The molecule has 1 aliphatic heterocycles. The van der Waals surface area contributed by atoms with E-state index in [9.17, 15) is 9.59 Å². The predicted molar refractivity (Wildman–Crippen MR) is 89.8 cm³/mol. The van der Waals surface area contributed by atoms with E-state index in [4.69, 9.17) is 4.42 Å². The standard InChI is InChI=1S/C18H21N3O3/c1-14(17(22)19-15-6-3-2-4-7-15)20-9-11-21(12-10-20)18(23)16-8-5-13-24-16/h2-8,13-14H,9-12H2,1H3,(H,19,22)/p+1/t14-/m1/s1. The minimum atomic E-state index is -0.161. The molecule has 3 rings (SSSR count). The van der Waals surface area contributed by atoms with Gasteiger partial charge in [-0.1, -0.05) is 18.2 Å². The number of hydrogen-bond donors (Lipinski definition) is 2. The predicted octanol–water partition coefficient (Wildman–Crippen LogP) is 0.648. The van der Waals surface area contributed by atoms with Gasteiger partial charge >= 0.3 is 0 Å². The van der Waals surface area contributed by atoms with Crippen LogP contribution in [0.2, 0.25) is 0 Å². The molecule has 2 amide bonds. The summed E-state index contributed by atoms with van der Waals surface area (Å²) >= 11 is 0. The molecule has 1 aliphatic rings. The molecule has 1 fully saturated rings. The third kappa shape index (κ3) is 3.65. The van der Waals surface area contributed by atoms with Crippen LogP contribution in [0.1, 0.15) is 17.5 Å². The summed E-state index contributed by atoms with van der Waals surface area (Å²) < 4.78 is 5.17. The molecule has 2 heterocycles. The Hall–Kier alpha value is -2.60. The van der Waals surface area contributed by atoms with Gasteiger partial charge < -0.3 is 19.5 Å². The van der Waals surface area contributed by atoms with Gasteiger partial charge in [-0.25, -0.2) is 0 Å². The van der Waals surface area contributed by atoms with Crippen LogP contribution in [0.25, 0.3) is 0 Å². The van der Waals surface area contributed by atoms with Crippen molar-refractivity contribution in [2.24, 2.45) is 0 Å². The van der Waals surface area contributed by atoms with E-state index < -0.39 is 0 Å². The topological polar surface area (TPSA) is 67.0 Å². The van der Waals surface area contributed by atoms with Gasteiger partial charge in [0.05, 0.1) is 32.4 Å². The number of para-hydroxylation sites is 1. The van der Waals surface area contributed by atoms with Crippen molar-refractivity contribution in [1.82, 2.24) is 4.90 Å². The normalized spacial score (nSPS) is 16.6. The number of benzene rings is 1. The van der Waals surface area contributed by atoms with E-state index in [2.05, 4.69) is 5.32 Å². The van der Waals surface area contributed by atoms with Crippen LogP contribution in [0.3, 0.4) is 0 Å². The Morgan fingerprint density at radius 3 is 2.46 bits per heavy atom. The van der Waals surface area contributed by atoms with E-state index in [1.165, 1.54) is 11.2 Å². The number of quaternary nitrogens is 1. The molecule has 126 valence electrons. The lowest BCUT2D eigenvalue weighted by Gasteiger charge is -2.34. The van der Waals surface area contributed by atoms with Gasteiger partial charge in [-0.15, -0.1) is 0 Å². The third-order valence-electron chi connectivity index (χ3n) is 4.47. The quantitative estimate of drug-likeness (QED) is 0.866. The molecule has 0 aliphatic carbocycles. The van der Waals surface area contributed by atoms with Crippen LogP contribution in [-0.2, 0) is 4.79 Å². The van der Waals surface area contributed by atoms with Gasteiger partial charge in [0.15, 0.2) is 11.8 Å². The molecule has 24 heavy (non-hydrogen) atoms. The first-order valence-electron chi connectivity index (χ1n) is 8.18. The van der Waals surface area contributed by atoms with Crippen molar-refractivity contribution >= 4 is 17.5 Å². The highest BCUT2D eigenvalue weighted by Gasteiger charge is 2.31. The molecule has 2 N–H and O–H groups in total. The molecule has 0 unspecified atom stereocenters. The first-order chi connectivity index (χ1) is 11.6. The van der Waals surface area contributed by atoms with Crippen LogP contribution in [0, 0.1) is 0 Å². The molecule has 2 aromatic rings. The maximum atomic E-state index is 12.4. The number of nitrogens with zero attached hydrogens (tertiary/aromatic N) is 1. The molecule has 0 bridgehead atoms. The molecular formula is C18H22N3O3+. The van der Waals surface area contributed by atoms with Crippen molar-refractivity contribution < 1.29 is 18.9 Å². The van der Waals surface area contributed by atoms with Gasteiger partial charge in [0.25, 0.3) is 11.8 Å². The number of piperazine rings is 1. The summed E-state index contributed by atoms with van der Waals surface area (Å²) in [5, 5.41) is 2.94. The number of furan rings is 1. The van der Waals surface area contributed by atoms with Crippen molar-refractivity contribution in [3.8, 4) is 0 Å². The first-order valence-corrected chi connectivity index (χ1v) is 8.18. The minimum Gasteiger partial charge on any atom is -0.459 e. The number of anilines is 1. The summed E-state index contributed by atoms with van der Waals surface area (Å²) in [6.45, 7) is 4.67. The number of carbonyl (C=O) groups excluding carboxylic acids is 2. The van der Waals surface area contributed by atoms with Gasteiger partial charge in [-0.05, 0) is 31.2 Å². The third-order valence-corrected chi connectivity index (χ3v) is 4.47. The second kappa shape index (κ2) is 7.31. The summed E-state index contributed by atoms with van der Waals surface area (Å²) in [6, 6.07) is 12.7. The Kier molecular flexibility index (Phi) is 4.96. The van der Waals surface area contributed by atoms with Crippen LogP contribution < -0.4 is 10.2 Å². The fraction of sp³-hybridized carbons (Fsp3) is 0.333. The molecule has 1 aromatic heterocycles. The minimum absolute atomic E-state index is 0.00186. The molecule has 1 atom stereocenters. The van der Waals surface area contributed by atoms with Crippen LogP contribution >= 0.6 is 0 Å². The molecule has 0 radical (unpaired) electrons. The smallest absolute Gasteiger partial charge is 0.289 e. The molecule has 0 saturated carbocycles. The second-order valence-corrected chi connectivity index (χ2v) is 6.00. The lowest BCUT2D eigenvalue weighted by atomic mass is 10.2. The summed E-state index contributed by atoms with van der Waals surface area (Å²) in [7, 11) is 0. The maximum Gasteiger partial charge on any atom is 0.289 e. The number of amides is 2. The lowest BCUT2D eigenvalue weighted by molar-refractivity contribution is -0.917. The lowest BCUT2D eigenvalue weighted by Crippen LogP contribution is -3.19. The molecule has 6 nitrogen and oxygen atoms in total. The van der Waals surface area contributed by atoms with E-state index in [-0.39, 0.29) is 17.9 Å². The summed E-state index contributed by atoms with van der Waals surface area (Å²) in [4.78, 5) is 27.6. The zero-order valence-electron chi connectivity index (χ0n) is 13.7. The second-order valence-electron chi connectivity index (χ2n) is 6.00. The number of rotatable bonds is 4. The van der Waals surface area contributed by atoms with E-state index in [1.54, 1.807) is 17.0 Å². The van der Waals surface area contributed by atoms with Crippen molar-refractivity contribution in [3.63, 3.8) is 0 Å². The number of hydrogen-bond acceptors (Lipinski definition) is 3. The summed E-state index contributed by atoms with van der Waals surface area (Å²) in [5.74, 6) is 0.288. The van der Waals surface area contributed by atoms with Crippen molar-refractivity contribution in [1.29, 1.82) is 0 Å². The highest BCUT2D eigenvalue weighted by molar-refractivity contribution is 5.93. The monoisotopic (exact) mass is 328 g/mol. The SMILES string of the molecule is C[C@H](C(=O)Nc1ccccc1)[NH+]1CCN(C(=O)c2ccco2)CC1. The maximum absolute atomic E-state index is 12.4. The van der Waals surface area contributed by atoms with Gasteiger partial charge in [0.2, 0.25) is 0 Å². The Morgan fingerprint density at radius 1 is 1.12 bits per heavy atom. The molecule has 6 heteroatoms. The molecule has 0 spiro atoms. The Morgan fingerprint density at radius 2 is 1.83 bits per heavy atom. The average molecular weight is 328 g/mol. The van der Waals surface area contributed by atoms with E-state index in [1.807, 2.05) is 37.3 Å². The van der Waals surface area contributed by atoms with Gasteiger partial charge in [0.1, 0.15) is 0 Å².